The van der Waals surface area contributed by atoms with Gasteiger partial charge in [-0.3, -0.25) is 4.57 Å². The van der Waals surface area contributed by atoms with Gasteiger partial charge in [-0.25, -0.2) is 4.98 Å². The van der Waals surface area contributed by atoms with E-state index in [-0.39, 0.29) is 0 Å². The van der Waals surface area contributed by atoms with Crippen LogP contribution in [0.5, 0.6) is 0 Å². The molecule has 158 valence electrons. The fraction of sp³-hybridized carbons (Fsp3) is 0.240. The largest absolute Gasteiger partial charge is 0.298 e. The minimum Gasteiger partial charge on any atom is -0.298 e. The van der Waals surface area contributed by atoms with Gasteiger partial charge in [0.2, 0.25) is 0 Å². The van der Waals surface area contributed by atoms with E-state index in [0.717, 1.165) is 33.0 Å². The fourth-order valence-corrected chi connectivity index (χ4v) is 5.10. The second-order valence-electron chi connectivity index (χ2n) is 7.78. The first-order valence-corrected chi connectivity index (χ1v) is 12.2. The molecule has 0 N–H and O–H groups in total. The van der Waals surface area contributed by atoms with E-state index in [9.17, 15) is 0 Å². The van der Waals surface area contributed by atoms with Crippen molar-refractivity contribution in [1.29, 1.82) is 0 Å². The molecule has 4 aromatic rings. The zero-order valence-electron chi connectivity index (χ0n) is 18.1. The molecule has 2 heterocycles. The van der Waals surface area contributed by atoms with Gasteiger partial charge >= 0.3 is 0 Å². The SMILES string of the molecule is C=CCn1c(SCc2csc(-c3cccc(C)c3)n2)nnc1-c1ccc(C(C)C)cc1. The third kappa shape index (κ3) is 4.97. The van der Waals surface area contributed by atoms with E-state index in [1.165, 1.54) is 16.7 Å². The summed E-state index contributed by atoms with van der Waals surface area (Å²) < 4.78 is 2.12. The molecule has 0 aliphatic carbocycles. The van der Waals surface area contributed by atoms with E-state index in [1.807, 2.05) is 6.08 Å². The lowest BCUT2D eigenvalue weighted by molar-refractivity contribution is 0.731. The van der Waals surface area contributed by atoms with Crippen molar-refractivity contribution in [2.45, 2.75) is 44.1 Å². The van der Waals surface area contributed by atoms with Crippen LogP contribution in [0.2, 0.25) is 0 Å². The van der Waals surface area contributed by atoms with Gasteiger partial charge in [0.1, 0.15) is 5.01 Å². The second-order valence-corrected chi connectivity index (χ2v) is 9.58. The molecule has 0 spiro atoms. The molecule has 0 aliphatic heterocycles. The first-order valence-electron chi connectivity index (χ1n) is 10.3. The predicted octanol–water partition coefficient (Wildman–Crippen LogP) is 6.98. The first-order chi connectivity index (χ1) is 15.0. The molecule has 0 radical (unpaired) electrons. The van der Waals surface area contributed by atoms with Crippen molar-refractivity contribution in [3.63, 3.8) is 0 Å². The molecule has 0 aliphatic rings. The monoisotopic (exact) mass is 446 g/mol. The summed E-state index contributed by atoms with van der Waals surface area (Å²) >= 11 is 3.34. The molecular formula is C25H26N4S2. The van der Waals surface area contributed by atoms with Crippen LogP contribution in [0.1, 0.15) is 36.6 Å². The van der Waals surface area contributed by atoms with Crippen LogP contribution in [-0.2, 0) is 12.3 Å². The van der Waals surface area contributed by atoms with Crippen LogP contribution in [0.25, 0.3) is 22.0 Å². The van der Waals surface area contributed by atoms with Gasteiger partial charge in [-0.2, -0.15) is 0 Å². The van der Waals surface area contributed by atoms with Gasteiger partial charge in [-0.05, 0) is 24.5 Å². The molecular weight excluding hydrogens is 420 g/mol. The first kappa shape index (κ1) is 21.5. The zero-order chi connectivity index (χ0) is 21.8. The number of benzene rings is 2. The third-order valence-corrected chi connectivity index (χ3v) is 6.97. The maximum Gasteiger partial charge on any atom is 0.192 e. The molecule has 4 rings (SSSR count). The smallest absolute Gasteiger partial charge is 0.192 e. The molecule has 0 atom stereocenters. The van der Waals surface area contributed by atoms with Crippen LogP contribution < -0.4 is 0 Å². The molecule has 0 saturated heterocycles. The average molecular weight is 447 g/mol. The number of allylic oxidation sites excluding steroid dienone is 1. The van der Waals surface area contributed by atoms with Gasteiger partial charge in [0.05, 0.1) is 5.69 Å². The van der Waals surface area contributed by atoms with Crippen LogP contribution in [0, 0.1) is 6.92 Å². The summed E-state index contributed by atoms with van der Waals surface area (Å²) in [6.45, 7) is 11.1. The van der Waals surface area contributed by atoms with Crippen LogP contribution in [0.15, 0.2) is 71.7 Å². The minimum absolute atomic E-state index is 0.508. The molecule has 4 nitrogen and oxygen atoms in total. The maximum absolute atomic E-state index is 4.82. The van der Waals surface area contributed by atoms with Crippen LogP contribution >= 0.6 is 23.1 Å². The highest BCUT2D eigenvalue weighted by atomic mass is 32.2. The van der Waals surface area contributed by atoms with Crippen molar-refractivity contribution >= 4 is 23.1 Å². The Morgan fingerprint density at radius 2 is 1.90 bits per heavy atom. The second kappa shape index (κ2) is 9.62. The topological polar surface area (TPSA) is 43.6 Å². The summed E-state index contributed by atoms with van der Waals surface area (Å²) in [6.07, 6.45) is 1.89. The molecule has 2 aromatic heterocycles. The molecule has 31 heavy (non-hydrogen) atoms. The van der Waals surface area contributed by atoms with E-state index in [2.05, 4.69) is 96.0 Å². The number of hydrogen-bond donors (Lipinski definition) is 0. The fourth-order valence-electron chi connectivity index (χ4n) is 3.34. The number of aromatic nitrogens is 4. The van der Waals surface area contributed by atoms with E-state index < -0.39 is 0 Å². The van der Waals surface area contributed by atoms with Crippen LogP contribution in [0.4, 0.5) is 0 Å². The molecule has 0 bridgehead atoms. The maximum atomic E-state index is 4.82. The summed E-state index contributed by atoms with van der Waals surface area (Å²) in [5, 5.41) is 13.0. The lowest BCUT2D eigenvalue weighted by Crippen LogP contribution is -2.01. The van der Waals surface area contributed by atoms with E-state index >= 15 is 0 Å². The highest BCUT2D eigenvalue weighted by Gasteiger charge is 2.15. The highest BCUT2D eigenvalue weighted by Crippen LogP contribution is 2.30. The molecule has 0 fully saturated rings. The number of hydrogen-bond acceptors (Lipinski definition) is 5. The van der Waals surface area contributed by atoms with Gasteiger partial charge in [0.25, 0.3) is 0 Å². The number of thioether (sulfide) groups is 1. The Morgan fingerprint density at radius 1 is 1.10 bits per heavy atom. The Bertz CT molecular complexity index is 1170. The Balaban J connectivity index is 1.52. The molecule has 6 heteroatoms. The van der Waals surface area contributed by atoms with Gasteiger partial charge in [0, 0.05) is 28.8 Å². The lowest BCUT2D eigenvalue weighted by Gasteiger charge is -2.09. The van der Waals surface area contributed by atoms with Gasteiger partial charge in [0.15, 0.2) is 11.0 Å². The predicted molar refractivity (Wildman–Crippen MR) is 132 cm³/mol. The van der Waals surface area contributed by atoms with Crippen molar-refractivity contribution in [3.05, 3.63) is 83.4 Å². The molecule has 2 aromatic carbocycles. The van der Waals surface area contributed by atoms with E-state index in [0.29, 0.717) is 12.5 Å². The number of rotatable bonds is 8. The Hall–Kier alpha value is -2.70. The van der Waals surface area contributed by atoms with Crippen molar-refractivity contribution in [2.24, 2.45) is 0 Å². The quantitative estimate of drug-likeness (QED) is 0.216. The van der Waals surface area contributed by atoms with E-state index in [4.69, 9.17) is 4.98 Å². The molecule has 0 amide bonds. The standard InChI is InChI=1S/C25H26N4S2/c1-5-13-29-23(20-11-9-19(10-12-20)17(2)3)27-28-25(29)31-16-22-15-30-24(26-22)21-8-6-7-18(4)14-21/h5-12,14-15,17H,1,13,16H2,2-4H3. The van der Waals surface area contributed by atoms with E-state index in [1.54, 1.807) is 23.1 Å². The van der Waals surface area contributed by atoms with Crippen molar-refractivity contribution in [2.75, 3.05) is 0 Å². The summed E-state index contributed by atoms with van der Waals surface area (Å²) in [7, 11) is 0. The zero-order valence-corrected chi connectivity index (χ0v) is 19.7. The third-order valence-electron chi connectivity index (χ3n) is 5.03. The summed E-state index contributed by atoms with van der Waals surface area (Å²) in [5.74, 6) is 2.13. The Kier molecular flexibility index (Phi) is 6.68. The van der Waals surface area contributed by atoms with Crippen molar-refractivity contribution in [1.82, 2.24) is 19.7 Å². The van der Waals surface area contributed by atoms with Gasteiger partial charge in [-0.15, -0.1) is 28.1 Å². The summed E-state index contributed by atoms with van der Waals surface area (Å²) in [5.41, 5.74) is 5.86. The highest BCUT2D eigenvalue weighted by molar-refractivity contribution is 7.98. The number of aryl methyl sites for hydroxylation is 1. The van der Waals surface area contributed by atoms with Crippen molar-refractivity contribution in [3.8, 4) is 22.0 Å². The van der Waals surface area contributed by atoms with Gasteiger partial charge in [-0.1, -0.05) is 79.7 Å². The van der Waals surface area contributed by atoms with Crippen molar-refractivity contribution < 1.29 is 0 Å². The Labute approximate surface area is 192 Å². The van der Waals surface area contributed by atoms with Crippen LogP contribution in [0.3, 0.4) is 0 Å². The molecule has 0 unspecified atom stereocenters. The summed E-state index contributed by atoms with van der Waals surface area (Å²) in [4.78, 5) is 4.82. The lowest BCUT2D eigenvalue weighted by atomic mass is 10.0. The Morgan fingerprint density at radius 3 is 2.61 bits per heavy atom. The van der Waals surface area contributed by atoms with Crippen LogP contribution in [-0.4, -0.2) is 19.7 Å². The summed E-state index contributed by atoms with van der Waals surface area (Å²) in [6, 6.07) is 17.1. The minimum atomic E-state index is 0.508. The molecule has 0 saturated carbocycles. The average Bonchev–Trinajstić information content (AvgIpc) is 3.40. The van der Waals surface area contributed by atoms with Gasteiger partial charge < -0.3 is 0 Å². The normalized spacial score (nSPS) is 11.2. The number of nitrogens with zero attached hydrogens (tertiary/aromatic N) is 4. The number of thiazole rings is 1.